The lowest BCUT2D eigenvalue weighted by Crippen LogP contribution is -1.95. The SMILES string of the molecule is C/C=C\C=C/Cn1c2ccccc2c2c3c4ccccc4n(-c4ccc(-c5cccc6c5oc5cc7ccccc7cc56)cc4)c3ccc21. The summed E-state index contributed by atoms with van der Waals surface area (Å²) in [6, 6.07) is 50.5. The highest BCUT2D eigenvalue weighted by Gasteiger charge is 2.20. The van der Waals surface area contributed by atoms with E-state index in [2.05, 4.69) is 173 Å². The van der Waals surface area contributed by atoms with Crippen molar-refractivity contribution in [1.82, 2.24) is 9.13 Å². The predicted octanol–water partition coefficient (Wildman–Crippen LogP) is 12.7. The maximum Gasteiger partial charge on any atom is 0.143 e. The van der Waals surface area contributed by atoms with Crippen LogP contribution in [-0.2, 0) is 6.54 Å². The summed E-state index contributed by atoms with van der Waals surface area (Å²) >= 11 is 0. The van der Waals surface area contributed by atoms with Crippen LogP contribution >= 0.6 is 0 Å². The van der Waals surface area contributed by atoms with Gasteiger partial charge in [0.1, 0.15) is 11.2 Å². The summed E-state index contributed by atoms with van der Waals surface area (Å²) < 4.78 is 11.4. The number of hydrogen-bond donors (Lipinski definition) is 0. The third-order valence-corrected chi connectivity index (χ3v) is 10.1. The molecule has 0 amide bonds. The van der Waals surface area contributed by atoms with Gasteiger partial charge in [-0.2, -0.15) is 0 Å². The molecule has 232 valence electrons. The van der Waals surface area contributed by atoms with Crippen molar-refractivity contribution in [2.75, 3.05) is 0 Å². The van der Waals surface area contributed by atoms with E-state index in [1.807, 2.05) is 6.92 Å². The molecule has 49 heavy (non-hydrogen) atoms. The molecule has 7 aromatic carbocycles. The van der Waals surface area contributed by atoms with Crippen molar-refractivity contribution in [3.05, 3.63) is 164 Å². The molecule has 10 rings (SSSR count). The van der Waals surface area contributed by atoms with Crippen molar-refractivity contribution in [2.45, 2.75) is 13.5 Å². The molecule has 0 saturated carbocycles. The Bertz CT molecular complexity index is 2960. The molecule has 0 unspecified atom stereocenters. The van der Waals surface area contributed by atoms with Crippen LogP contribution in [0.1, 0.15) is 6.92 Å². The molecule has 3 heterocycles. The number of nitrogens with zero attached hydrogens (tertiary/aromatic N) is 2. The van der Waals surface area contributed by atoms with Gasteiger partial charge in [-0.1, -0.05) is 115 Å². The van der Waals surface area contributed by atoms with Crippen LogP contribution in [0.2, 0.25) is 0 Å². The van der Waals surface area contributed by atoms with Gasteiger partial charge in [-0.25, -0.2) is 0 Å². The van der Waals surface area contributed by atoms with Crippen molar-refractivity contribution >= 4 is 76.3 Å². The Balaban J connectivity index is 1.15. The molecule has 3 nitrogen and oxygen atoms in total. The Kier molecular flexibility index (Phi) is 6.16. The Morgan fingerprint density at radius 1 is 0.551 bits per heavy atom. The Labute approximate surface area is 283 Å². The third-order valence-electron chi connectivity index (χ3n) is 10.1. The van der Waals surface area contributed by atoms with Crippen LogP contribution in [-0.4, -0.2) is 9.13 Å². The molecule has 0 bridgehead atoms. The molecule has 0 spiro atoms. The average molecular weight is 629 g/mol. The molecule has 10 aromatic rings. The number of rotatable bonds is 5. The summed E-state index contributed by atoms with van der Waals surface area (Å²) in [6.45, 7) is 2.86. The molecule has 3 heteroatoms. The number of fused-ring (bicyclic) bond motifs is 11. The summed E-state index contributed by atoms with van der Waals surface area (Å²) in [5.41, 5.74) is 10.1. The largest absolute Gasteiger partial charge is 0.455 e. The smallest absolute Gasteiger partial charge is 0.143 e. The first kappa shape index (κ1) is 27.8. The molecule has 0 saturated heterocycles. The third kappa shape index (κ3) is 4.15. The minimum absolute atomic E-state index is 0.814. The minimum Gasteiger partial charge on any atom is -0.455 e. The molecule has 0 N–H and O–H groups in total. The van der Waals surface area contributed by atoms with E-state index in [1.165, 1.54) is 54.4 Å². The first-order chi connectivity index (χ1) is 24.3. The molecule has 0 radical (unpaired) electrons. The maximum absolute atomic E-state index is 6.56. The summed E-state index contributed by atoms with van der Waals surface area (Å²) in [4.78, 5) is 0. The maximum atomic E-state index is 6.56. The van der Waals surface area contributed by atoms with Gasteiger partial charge in [-0.3, -0.25) is 0 Å². The first-order valence-electron chi connectivity index (χ1n) is 16.9. The van der Waals surface area contributed by atoms with Crippen molar-refractivity contribution in [2.24, 2.45) is 0 Å². The van der Waals surface area contributed by atoms with Crippen molar-refractivity contribution in [1.29, 1.82) is 0 Å². The van der Waals surface area contributed by atoms with E-state index in [0.717, 1.165) is 45.3 Å². The molecular formula is C46H32N2O. The van der Waals surface area contributed by atoms with Gasteiger partial charge >= 0.3 is 0 Å². The lowest BCUT2D eigenvalue weighted by Gasteiger charge is -2.10. The van der Waals surface area contributed by atoms with E-state index >= 15 is 0 Å². The molecule has 0 aliphatic carbocycles. The van der Waals surface area contributed by atoms with Crippen LogP contribution in [0.4, 0.5) is 0 Å². The second-order valence-corrected chi connectivity index (χ2v) is 12.8. The number of benzene rings is 7. The van der Waals surface area contributed by atoms with Gasteiger partial charge in [0.15, 0.2) is 0 Å². The fraction of sp³-hybridized carbons (Fsp3) is 0.0435. The van der Waals surface area contributed by atoms with Gasteiger partial charge in [-0.05, 0) is 71.8 Å². The highest BCUT2D eigenvalue weighted by molar-refractivity contribution is 6.28. The van der Waals surface area contributed by atoms with Crippen LogP contribution in [0.25, 0.3) is 93.1 Å². The fourth-order valence-corrected chi connectivity index (χ4v) is 7.93. The van der Waals surface area contributed by atoms with Crippen molar-refractivity contribution < 1.29 is 4.42 Å². The van der Waals surface area contributed by atoms with Crippen LogP contribution < -0.4 is 0 Å². The second-order valence-electron chi connectivity index (χ2n) is 12.8. The lowest BCUT2D eigenvalue weighted by molar-refractivity contribution is 0.670. The summed E-state index contributed by atoms with van der Waals surface area (Å²) in [7, 11) is 0. The fourth-order valence-electron chi connectivity index (χ4n) is 7.93. The van der Waals surface area contributed by atoms with E-state index in [1.54, 1.807) is 0 Å². The minimum atomic E-state index is 0.814. The van der Waals surface area contributed by atoms with Gasteiger partial charge in [0.2, 0.25) is 0 Å². The second kappa shape index (κ2) is 10.9. The van der Waals surface area contributed by atoms with E-state index < -0.39 is 0 Å². The molecule has 0 fully saturated rings. The number of aromatic nitrogens is 2. The van der Waals surface area contributed by atoms with E-state index in [9.17, 15) is 0 Å². The average Bonchev–Trinajstić information content (AvgIpc) is 3.80. The topological polar surface area (TPSA) is 23.0 Å². The van der Waals surface area contributed by atoms with E-state index in [4.69, 9.17) is 4.42 Å². The lowest BCUT2D eigenvalue weighted by atomic mass is 10.0. The van der Waals surface area contributed by atoms with Gasteiger partial charge in [0, 0.05) is 55.6 Å². The van der Waals surface area contributed by atoms with E-state index in [0.29, 0.717) is 0 Å². The molecular weight excluding hydrogens is 597 g/mol. The number of para-hydroxylation sites is 3. The first-order valence-corrected chi connectivity index (χ1v) is 16.9. The highest BCUT2D eigenvalue weighted by Crippen LogP contribution is 2.42. The van der Waals surface area contributed by atoms with Crippen LogP contribution in [0, 0.1) is 0 Å². The van der Waals surface area contributed by atoms with Gasteiger partial charge in [0.25, 0.3) is 0 Å². The summed E-state index contributed by atoms with van der Waals surface area (Å²) in [5, 5.41) is 9.86. The Morgan fingerprint density at radius 2 is 1.22 bits per heavy atom. The van der Waals surface area contributed by atoms with Crippen LogP contribution in [0.5, 0.6) is 0 Å². The molecule has 0 atom stereocenters. The Hall–Kier alpha value is -6.32. The van der Waals surface area contributed by atoms with E-state index in [-0.39, 0.29) is 0 Å². The van der Waals surface area contributed by atoms with Gasteiger partial charge in [-0.15, -0.1) is 0 Å². The quantitative estimate of drug-likeness (QED) is 0.174. The molecule has 0 aliphatic heterocycles. The standard InChI is InChI=1S/C46H32N2O/c1-2-3-4-11-27-47-39-19-9-7-15-36(39)44-41(47)25-26-42-45(44)37-16-8-10-20-40(37)48(42)33-23-21-30(22-24-33)34-17-12-18-35-38-28-31-13-5-6-14-32(31)29-43(38)49-46(34)35/h2-26,28-29H,27H2,1H3/b3-2-,11-4-. The van der Waals surface area contributed by atoms with Crippen LogP contribution in [0.3, 0.4) is 0 Å². The number of allylic oxidation sites excluding steroid dienone is 4. The van der Waals surface area contributed by atoms with Crippen LogP contribution in [0.15, 0.2) is 168 Å². The summed E-state index contributed by atoms with van der Waals surface area (Å²) in [5.74, 6) is 0. The molecule has 3 aromatic heterocycles. The number of furan rings is 1. The van der Waals surface area contributed by atoms with Crippen molar-refractivity contribution in [3.8, 4) is 16.8 Å². The zero-order valence-electron chi connectivity index (χ0n) is 27.1. The summed E-state index contributed by atoms with van der Waals surface area (Å²) in [6.07, 6.45) is 8.51. The van der Waals surface area contributed by atoms with Gasteiger partial charge < -0.3 is 13.6 Å². The molecule has 0 aliphatic rings. The van der Waals surface area contributed by atoms with Gasteiger partial charge in [0.05, 0.1) is 16.6 Å². The zero-order chi connectivity index (χ0) is 32.5. The normalized spacial score (nSPS) is 12.5. The monoisotopic (exact) mass is 628 g/mol. The van der Waals surface area contributed by atoms with Crippen molar-refractivity contribution in [3.63, 3.8) is 0 Å². The predicted molar refractivity (Wildman–Crippen MR) is 208 cm³/mol. The Morgan fingerprint density at radius 3 is 2.04 bits per heavy atom. The number of hydrogen-bond acceptors (Lipinski definition) is 1. The zero-order valence-corrected chi connectivity index (χ0v) is 27.1. The highest BCUT2D eigenvalue weighted by atomic mass is 16.3.